The zero-order chi connectivity index (χ0) is 54.4. The van der Waals surface area contributed by atoms with Gasteiger partial charge in [0.1, 0.15) is 11.5 Å². The van der Waals surface area contributed by atoms with Crippen molar-refractivity contribution in [3.05, 3.63) is 116 Å². The number of hydrogen-bond donors (Lipinski definition) is 0. The van der Waals surface area contributed by atoms with Crippen LogP contribution in [0.25, 0.3) is 44.8 Å². The minimum Gasteiger partial charge on any atom is -0.872 e. The Morgan fingerprint density at radius 1 is 0.432 bits per heavy atom. The fraction of sp³-hybridized carbons (Fsp3) is 0.587. The number of benzene rings is 4. The molecule has 5 nitrogen and oxygen atoms in total. The van der Waals surface area contributed by atoms with Crippen LogP contribution in [0, 0.1) is 50.4 Å². The van der Waals surface area contributed by atoms with Crippen LogP contribution in [-0.4, -0.2) is 18.2 Å². The molecule has 1 heterocycles. The van der Waals surface area contributed by atoms with E-state index in [0.29, 0.717) is 13.2 Å². The Labute approximate surface area is 511 Å². The molecular weight excluding hydrogens is 1070 g/mol. The Balaban J connectivity index is 0.00000287. The molecule has 8 fully saturated rings. The number of pyridine rings is 1. The van der Waals surface area contributed by atoms with E-state index >= 15 is 10.2 Å². The first kappa shape index (κ1) is 63.1. The molecule has 13 rings (SSSR count). The summed E-state index contributed by atoms with van der Waals surface area (Å²) in [7, 11) is 0. The van der Waals surface area contributed by atoms with E-state index in [1.54, 1.807) is 0 Å². The second-order valence-corrected chi connectivity index (χ2v) is 28.8. The molecule has 0 atom stereocenters. The van der Waals surface area contributed by atoms with Gasteiger partial charge < -0.3 is 34.5 Å². The summed E-state index contributed by atoms with van der Waals surface area (Å²) in [6.07, 6.45) is 29.2. The van der Waals surface area contributed by atoms with E-state index in [-0.39, 0.29) is 74.2 Å². The average molecular weight is 1170 g/mol. The van der Waals surface area contributed by atoms with Gasteiger partial charge in [0.05, 0.1) is 24.6 Å². The summed E-state index contributed by atoms with van der Waals surface area (Å²) in [5, 5.41) is 31.6. The number of hydrogen-bond acceptors (Lipinski definition) is 5. The Morgan fingerprint density at radius 3 is 1.10 bits per heavy atom. The number of unbranched alkanes of at least 4 members (excludes halogenated alkanes) is 10. The Bertz CT molecular complexity index is 2660. The summed E-state index contributed by atoms with van der Waals surface area (Å²) in [4.78, 5) is 5.64. The molecule has 0 spiro atoms. The molecule has 8 aliphatic carbocycles. The molecule has 434 valence electrons. The van der Waals surface area contributed by atoms with E-state index in [9.17, 15) is 0 Å². The summed E-state index contributed by atoms with van der Waals surface area (Å²) in [6.45, 7) is 19.6. The van der Waals surface area contributed by atoms with Crippen LogP contribution >= 0.6 is 0 Å². The van der Waals surface area contributed by atoms with E-state index < -0.39 is 0 Å². The average Bonchev–Trinajstić information content (AvgIpc) is 3.50. The van der Waals surface area contributed by atoms with Crippen LogP contribution < -0.4 is 19.7 Å². The van der Waals surface area contributed by atoms with E-state index in [1.807, 2.05) is 0 Å². The van der Waals surface area contributed by atoms with E-state index in [2.05, 4.69) is 134 Å². The third-order valence-electron chi connectivity index (χ3n) is 20.5. The van der Waals surface area contributed by atoms with Crippen LogP contribution in [-0.2, 0) is 47.9 Å². The van der Waals surface area contributed by atoms with E-state index in [4.69, 9.17) is 14.5 Å². The number of aromatic nitrogens is 1. The first-order chi connectivity index (χ1) is 37.5. The second-order valence-electron chi connectivity index (χ2n) is 28.8. The smallest absolute Gasteiger partial charge is 0.872 e. The van der Waals surface area contributed by atoms with Crippen LogP contribution in [0.2, 0.25) is 0 Å². The van der Waals surface area contributed by atoms with Gasteiger partial charge in [0.25, 0.3) is 0 Å². The van der Waals surface area contributed by atoms with Gasteiger partial charge in [-0.25, -0.2) is 4.98 Å². The number of rotatable bonds is 22. The van der Waals surface area contributed by atoms with Crippen LogP contribution in [0.5, 0.6) is 23.0 Å². The summed E-state index contributed by atoms with van der Waals surface area (Å²) in [5.41, 5.74) is 10.9. The van der Waals surface area contributed by atoms with Crippen molar-refractivity contribution in [3.8, 4) is 67.8 Å². The van der Waals surface area contributed by atoms with Crippen molar-refractivity contribution in [2.45, 2.75) is 231 Å². The molecule has 1 aromatic heterocycles. The molecule has 0 aliphatic heterocycles. The van der Waals surface area contributed by atoms with Gasteiger partial charge in [-0.2, -0.15) is 0 Å². The van der Waals surface area contributed by atoms with Crippen molar-refractivity contribution in [2.75, 3.05) is 13.2 Å². The molecule has 81 heavy (non-hydrogen) atoms. The molecule has 8 saturated carbocycles. The largest absolute Gasteiger partial charge is 4.00 e. The first-order valence-electron chi connectivity index (χ1n) is 31.8. The Kier molecular flexibility index (Phi) is 20.4. The van der Waals surface area contributed by atoms with Gasteiger partial charge in [0, 0.05) is 11.1 Å². The summed E-state index contributed by atoms with van der Waals surface area (Å²) in [5.74, 6) is 6.31. The third-order valence-corrected chi connectivity index (χ3v) is 20.5. The monoisotopic (exact) mass is 1170 g/mol. The maximum atomic E-state index is 15.8. The number of ether oxygens (including phenoxy) is 2. The quantitative estimate of drug-likeness (QED) is 0.0510. The van der Waals surface area contributed by atoms with Crippen molar-refractivity contribution >= 4 is 0 Å². The third kappa shape index (κ3) is 13.5. The maximum Gasteiger partial charge on any atom is 4.00 e. The van der Waals surface area contributed by atoms with Crippen LogP contribution in [0.1, 0.15) is 232 Å². The fourth-order valence-electron chi connectivity index (χ4n) is 17.2. The van der Waals surface area contributed by atoms with Gasteiger partial charge in [-0.3, -0.25) is 0 Å². The van der Waals surface area contributed by atoms with Gasteiger partial charge in [-0.05, 0) is 240 Å². The van der Waals surface area contributed by atoms with Crippen molar-refractivity contribution in [1.29, 1.82) is 0 Å². The van der Waals surface area contributed by atoms with Crippen LogP contribution in [0.4, 0.5) is 0 Å². The molecule has 4 aromatic carbocycles. The van der Waals surface area contributed by atoms with E-state index in [0.717, 1.165) is 167 Å². The standard InChI is InChI=1S/C73H97NO4.2CH3.Zr/c1-9-11-13-15-17-19-28-77-56-24-26-58(60(40-56)62-36-54(70(3,4)5)38-64(68(62)75)72-42-48-30-49(43-72)32-50(31-48)44-72)66-22-21-23-67(74-66)59-27-25-57(78-29-20-18-16-14-12-10-2)41-61(59)63-37-55(71(6,7)8)39-65(69(63)76)73-45-51-33-52(46-73)35-53(34-51)47-73;;;/h21-27,36-41,48-53,75-76H,9-20,28-35,42-47H2,1-8H3;2*1H3;/q;2*-1;+4/p-2. The van der Waals surface area contributed by atoms with Crippen LogP contribution in [0.3, 0.4) is 0 Å². The molecule has 0 saturated heterocycles. The normalized spacial score (nSPS) is 25.0. The first-order valence-corrected chi connectivity index (χ1v) is 31.8. The SMILES string of the molecule is CCCCCCCCOc1ccc(-c2cccc(-c3ccc(OCCCCCCCC)cc3-c3cc(C(C)(C)C)cc(C45CC6CC(CC(C6)C4)C5)c3[O-])n2)c(-c2cc(C(C)(C)C)cc(C34CC5CC(CC(C5)C3)C4)c2[O-])c1.[CH3-].[CH3-].[Zr+4]. The molecule has 0 unspecified atom stereocenters. The van der Waals surface area contributed by atoms with Gasteiger partial charge in [0.15, 0.2) is 0 Å². The minimum atomic E-state index is -0.162. The van der Waals surface area contributed by atoms with Crippen molar-refractivity contribution in [3.63, 3.8) is 0 Å². The molecule has 0 N–H and O–H groups in total. The summed E-state index contributed by atoms with van der Waals surface area (Å²) >= 11 is 0. The topological polar surface area (TPSA) is 77.5 Å². The van der Waals surface area contributed by atoms with Gasteiger partial charge in [-0.15, -0.1) is 0 Å². The van der Waals surface area contributed by atoms with E-state index in [1.165, 1.54) is 101 Å². The maximum absolute atomic E-state index is 15.8. The Morgan fingerprint density at radius 2 is 0.765 bits per heavy atom. The van der Waals surface area contributed by atoms with Crippen molar-refractivity contribution in [1.82, 2.24) is 4.98 Å². The van der Waals surface area contributed by atoms with Gasteiger partial charge in [0.2, 0.25) is 0 Å². The molecule has 8 bridgehead atoms. The second kappa shape index (κ2) is 26.2. The predicted octanol–water partition coefficient (Wildman–Crippen LogP) is 19.8. The summed E-state index contributed by atoms with van der Waals surface area (Å²) < 4.78 is 13.3. The van der Waals surface area contributed by atoms with Crippen molar-refractivity contribution in [2.24, 2.45) is 35.5 Å². The molecule has 0 radical (unpaired) electrons. The molecule has 8 aliphatic rings. The van der Waals surface area contributed by atoms with Gasteiger partial charge >= 0.3 is 26.2 Å². The molecule has 0 amide bonds. The molecular formula is C75H101NO4Zr. The fourth-order valence-corrected chi connectivity index (χ4v) is 17.2. The Hall–Kier alpha value is -3.89. The van der Waals surface area contributed by atoms with Crippen molar-refractivity contribution < 1.29 is 45.9 Å². The zero-order valence-corrected chi connectivity index (χ0v) is 54.4. The zero-order valence-electron chi connectivity index (χ0n) is 51.9. The summed E-state index contributed by atoms with van der Waals surface area (Å²) in [6, 6.07) is 28.3. The van der Waals surface area contributed by atoms with Gasteiger partial charge in [-0.1, -0.05) is 161 Å². The van der Waals surface area contributed by atoms with Crippen LogP contribution in [0.15, 0.2) is 78.9 Å². The minimum absolute atomic E-state index is 0. The molecule has 5 aromatic rings. The number of nitrogens with zero attached hydrogens (tertiary/aromatic N) is 1. The predicted molar refractivity (Wildman–Crippen MR) is 333 cm³/mol. The molecule has 6 heteroatoms.